The number of aliphatic imine (C=N–C) groups is 1. The van der Waals surface area contributed by atoms with Crippen LogP contribution in [0.4, 0.5) is 10.2 Å². The highest BCUT2D eigenvalue weighted by molar-refractivity contribution is 14.0. The van der Waals surface area contributed by atoms with Crippen LogP contribution in [0, 0.1) is 5.82 Å². The molecule has 3 rings (SSSR count). The third kappa shape index (κ3) is 7.02. The number of benzene rings is 1. The summed E-state index contributed by atoms with van der Waals surface area (Å²) in [4.78, 5) is 11.2. The normalized spacial score (nSPS) is 13.9. The molecular formula is C21H29FIN5S. The van der Waals surface area contributed by atoms with Crippen LogP contribution in [0.3, 0.4) is 0 Å². The highest BCUT2D eigenvalue weighted by Crippen LogP contribution is 2.18. The lowest BCUT2D eigenvalue weighted by atomic mass is 10.1. The number of halogens is 2. The number of pyridine rings is 1. The number of thioether (sulfide) groups is 1. The molecule has 8 heteroatoms. The molecule has 1 aromatic carbocycles. The minimum absolute atomic E-state index is 0. The van der Waals surface area contributed by atoms with Gasteiger partial charge in [0.25, 0.3) is 0 Å². The number of hydrogen-bond acceptors (Lipinski definition) is 4. The summed E-state index contributed by atoms with van der Waals surface area (Å²) in [5, 5.41) is 6.62. The maximum absolute atomic E-state index is 13.5. The van der Waals surface area contributed by atoms with Gasteiger partial charge in [0.1, 0.15) is 11.6 Å². The first-order chi connectivity index (χ1) is 13.7. The van der Waals surface area contributed by atoms with Gasteiger partial charge in [0, 0.05) is 45.2 Å². The van der Waals surface area contributed by atoms with Crippen LogP contribution in [-0.2, 0) is 18.8 Å². The highest BCUT2D eigenvalue weighted by Gasteiger charge is 2.13. The van der Waals surface area contributed by atoms with Crippen molar-refractivity contribution in [1.82, 2.24) is 15.6 Å². The average molecular weight is 529 g/mol. The van der Waals surface area contributed by atoms with E-state index in [0.717, 1.165) is 41.4 Å². The summed E-state index contributed by atoms with van der Waals surface area (Å²) in [7, 11) is 1.75. The third-order valence-corrected chi connectivity index (χ3v) is 5.44. The first-order valence-electron chi connectivity index (χ1n) is 9.60. The van der Waals surface area contributed by atoms with Crippen molar-refractivity contribution in [2.75, 3.05) is 31.3 Å². The molecule has 0 amide bonds. The molecular weight excluding hydrogens is 500 g/mol. The molecule has 1 aromatic heterocycles. The molecule has 0 aliphatic carbocycles. The number of anilines is 1. The zero-order chi connectivity index (χ0) is 19.8. The second kappa shape index (κ2) is 12.2. The zero-order valence-electron chi connectivity index (χ0n) is 16.9. The molecule has 1 saturated heterocycles. The van der Waals surface area contributed by atoms with Gasteiger partial charge >= 0.3 is 0 Å². The fourth-order valence-corrected chi connectivity index (χ4v) is 3.88. The Morgan fingerprint density at radius 1 is 1.14 bits per heavy atom. The van der Waals surface area contributed by atoms with E-state index in [9.17, 15) is 4.39 Å². The molecule has 5 nitrogen and oxygen atoms in total. The predicted molar refractivity (Wildman–Crippen MR) is 132 cm³/mol. The summed E-state index contributed by atoms with van der Waals surface area (Å²) in [5.74, 6) is 2.36. The van der Waals surface area contributed by atoms with Crippen LogP contribution in [0.15, 0.2) is 41.5 Å². The van der Waals surface area contributed by atoms with Crippen molar-refractivity contribution in [3.63, 3.8) is 0 Å². The van der Waals surface area contributed by atoms with Gasteiger partial charge in [0.05, 0.1) is 0 Å². The molecule has 0 radical (unpaired) electrons. The van der Waals surface area contributed by atoms with Crippen LogP contribution < -0.4 is 15.5 Å². The number of nitrogens with zero attached hydrogens (tertiary/aromatic N) is 3. The Morgan fingerprint density at radius 2 is 1.90 bits per heavy atom. The van der Waals surface area contributed by atoms with Gasteiger partial charge in [-0.2, -0.15) is 11.8 Å². The highest BCUT2D eigenvalue weighted by atomic mass is 127. The molecule has 29 heavy (non-hydrogen) atoms. The topological polar surface area (TPSA) is 52.6 Å². The molecule has 1 fully saturated rings. The summed E-state index contributed by atoms with van der Waals surface area (Å²) < 4.78 is 13.5. The van der Waals surface area contributed by atoms with Crippen LogP contribution >= 0.6 is 35.7 Å². The Kier molecular flexibility index (Phi) is 9.99. The Morgan fingerprint density at radius 3 is 2.55 bits per heavy atom. The first-order valence-corrected chi connectivity index (χ1v) is 11.0. The lowest BCUT2D eigenvalue weighted by molar-refractivity contribution is 0.625. The summed E-state index contributed by atoms with van der Waals surface area (Å²) in [6, 6.07) is 9.15. The molecule has 2 aromatic rings. The van der Waals surface area contributed by atoms with Crippen LogP contribution in [0.25, 0.3) is 0 Å². The maximum atomic E-state index is 13.5. The van der Waals surface area contributed by atoms with Crippen LogP contribution in [0.2, 0.25) is 0 Å². The van der Waals surface area contributed by atoms with E-state index in [1.807, 2.05) is 18.5 Å². The van der Waals surface area contributed by atoms with Gasteiger partial charge in [0.2, 0.25) is 0 Å². The van der Waals surface area contributed by atoms with E-state index >= 15 is 0 Å². The minimum atomic E-state index is -0.194. The van der Waals surface area contributed by atoms with Crippen molar-refractivity contribution in [3.05, 3.63) is 59.0 Å². The third-order valence-electron chi connectivity index (χ3n) is 4.84. The van der Waals surface area contributed by atoms with E-state index in [2.05, 4.69) is 37.6 Å². The number of guanidine groups is 1. The predicted octanol–water partition coefficient (Wildman–Crippen LogP) is 4.17. The Hall–Kier alpha value is -1.55. The van der Waals surface area contributed by atoms with Crippen molar-refractivity contribution in [2.45, 2.75) is 31.7 Å². The van der Waals surface area contributed by atoms with E-state index in [1.165, 1.54) is 18.9 Å². The molecule has 1 aliphatic heterocycles. The maximum Gasteiger partial charge on any atom is 0.191 e. The van der Waals surface area contributed by atoms with Gasteiger partial charge in [-0.15, -0.1) is 24.0 Å². The fourth-order valence-electron chi connectivity index (χ4n) is 3.30. The smallest absolute Gasteiger partial charge is 0.191 e. The van der Waals surface area contributed by atoms with Gasteiger partial charge < -0.3 is 15.5 Å². The van der Waals surface area contributed by atoms with Crippen molar-refractivity contribution in [3.8, 4) is 0 Å². The summed E-state index contributed by atoms with van der Waals surface area (Å²) in [5.41, 5.74) is 3.20. The first kappa shape index (κ1) is 23.7. The van der Waals surface area contributed by atoms with Crippen LogP contribution in [0.5, 0.6) is 0 Å². The minimum Gasteiger partial charge on any atom is -0.357 e. The van der Waals surface area contributed by atoms with Gasteiger partial charge in [0.15, 0.2) is 5.96 Å². The number of aromatic nitrogens is 1. The van der Waals surface area contributed by atoms with Crippen molar-refractivity contribution < 1.29 is 4.39 Å². The van der Waals surface area contributed by atoms with E-state index in [1.54, 1.807) is 24.9 Å². The Labute approximate surface area is 194 Å². The average Bonchev–Trinajstić information content (AvgIpc) is 3.25. The SMILES string of the molecule is CN=C(NCc1ccc(N2CCCC2)nc1)NCc1ccc(F)cc1CSC.I. The zero-order valence-corrected chi connectivity index (χ0v) is 20.1. The Balaban J connectivity index is 0.00000300. The van der Waals surface area contributed by atoms with Crippen LogP contribution in [0.1, 0.15) is 29.5 Å². The van der Waals surface area contributed by atoms with Crippen molar-refractivity contribution >= 4 is 47.5 Å². The monoisotopic (exact) mass is 529 g/mol. The lowest BCUT2D eigenvalue weighted by Gasteiger charge is -2.17. The van der Waals surface area contributed by atoms with Gasteiger partial charge in [-0.1, -0.05) is 12.1 Å². The van der Waals surface area contributed by atoms with Gasteiger partial charge in [-0.3, -0.25) is 4.99 Å². The molecule has 0 bridgehead atoms. The van der Waals surface area contributed by atoms with E-state index in [4.69, 9.17) is 0 Å². The van der Waals surface area contributed by atoms with Gasteiger partial charge in [-0.05, 0) is 54.0 Å². The largest absolute Gasteiger partial charge is 0.357 e. The second-order valence-corrected chi connectivity index (χ2v) is 7.71. The van der Waals surface area contributed by atoms with E-state index in [-0.39, 0.29) is 29.8 Å². The molecule has 2 N–H and O–H groups in total. The van der Waals surface area contributed by atoms with E-state index in [0.29, 0.717) is 19.0 Å². The molecule has 158 valence electrons. The van der Waals surface area contributed by atoms with Crippen molar-refractivity contribution in [2.24, 2.45) is 4.99 Å². The number of nitrogens with one attached hydrogen (secondary N) is 2. The summed E-state index contributed by atoms with van der Waals surface area (Å²) in [6.45, 7) is 3.45. The summed E-state index contributed by atoms with van der Waals surface area (Å²) >= 11 is 1.68. The van der Waals surface area contributed by atoms with Crippen molar-refractivity contribution in [1.29, 1.82) is 0 Å². The van der Waals surface area contributed by atoms with Gasteiger partial charge in [-0.25, -0.2) is 9.37 Å². The molecule has 1 aliphatic rings. The Bertz CT molecular complexity index is 794. The lowest BCUT2D eigenvalue weighted by Crippen LogP contribution is -2.36. The number of rotatable bonds is 7. The summed E-state index contributed by atoms with van der Waals surface area (Å²) in [6.07, 6.45) is 6.44. The molecule has 0 unspecified atom stereocenters. The molecule has 2 heterocycles. The van der Waals surface area contributed by atoms with Crippen LogP contribution in [-0.4, -0.2) is 37.3 Å². The molecule has 0 saturated carbocycles. The molecule has 0 atom stereocenters. The standard InChI is InChI=1S/C21H28FN5S.HI/c1-23-21(26-14-17-6-7-19(22)11-18(17)15-28-2)25-13-16-5-8-20(24-12-16)27-9-3-4-10-27;/h5-8,11-12H,3-4,9-10,13-15H2,1-2H3,(H2,23,25,26);1H. The second-order valence-electron chi connectivity index (χ2n) is 6.84. The number of hydrogen-bond donors (Lipinski definition) is 2. The quantitative estimate of drug-likeness (QED) is 0.321. The molecule has 0 spiro atoms. The van der Waals surface area contributed by atoms with E-state index < -0.39 is 0 Å². The fraction of sp³-hybridized carbons (Fsp3) is 0.429.